The minimum atomic E-state index is -1.03. The van der Waals surface area contributed by atoms with Crippen molar-refractivity contribution in [2.24, 2.45) is 0 Å². The van der Waals surface area contributed by atoms with Crippen LogP contribution in [-0.4, -0.2) is 24.0 Å². The van der Waals surface area contributed by atoms with Crippen molar-refractivity contribution in [2.45, 2.75) is 20.8 Å². The maximum atomic E-state index is 11.4. The molecule has 0 aliphatic heterocycles. The van der Waals surface area contributed by atoms with Gasteiger partial charge in [-0.05, 0) is 37.5 Å². The lowest BCUT2D eigenvalue weighted by Crippen LogP contribution is -2.13. The first kappa shape index (κ1) is 15.2. The lowest BCUT2D eigenvalue weighted by atomic mass is 9.97. The van der Waals surface area contributed by atoms with Crippen LogP contribution in [0.5, 0.6) is 0 Å². The van der Waals surface area contributed by atoms with Crippen LogP contribution in [0.25, 0.3) is 5.76 Å². The van der Waals surface area contributed by atoms with Crippen LogP contribution in [0.2, 0.25) is 5.02 Å². The van der Waals surface area contributed by atoms with Gasteiger partial charge in [-0.25, -0.2) is 4.79 Å². The van der Waals surface area contributed by atoms with Crippen molar-refractivity contribution < 1.29 is 19.4 Å². The topological polar surface area (TPSA) is 63.6 Å². The van der Waals surface area contributed by atoms with Gasteiger partial charge in [-0.3, -0.25) is 4.79 Å². The molecule has 1 N–H and O–H groups in total. The highest BCUT2D eigenvalue weighted by Crippen LogP contribution is 2.30. The molecule has 0 saturated heterocycles. The fraction of sp³-hybridized carbons (Fsp3) is 0.286. The van der Waals surface area contributed by atoms with Gasteiger partial charge in [-0.1, -0.05) is 17.7 Å². The molecule has 0 spiro atoms. The Kier molecular flexibility index (Phi) is 4.72. The predicted molar refractivity (Wildman–Crippen MR) is 73.3 cm³/mol. The van der Waals surface area contributed by atoms with E-state index < -0.39 is 11.8 Å². The van der Waals surface area contributed by atoms with E-state index >= 15 is 0 Å². The quantitative estimate of drug-likeness (QED) is 0.401. The highest BCUT2D eigenvalue weighted by molar-refractivity contribution is 6.39. The number of ketones is 1. The number of methoxy groups -OCH3 is 1. The van der Waals surface area contributed by atoms with E-state index in [2.05, 4.69) is 4.74 Å². The number of ether oxygens (including phenoxy) is 1. The molecule has 0 radical (unpaired) electrons. The third kappa shape index (κ3) is 3.15. The number of aryl methyl sites for hydroxylation is 2. The van der Waals surface area contributed by atoms with Crippen molar-refractivity contribution in [2.75, 3.05) is 7.11 Å². The Morgan fingerprint density at radius 3 is 2.37 bits per heavy atom. The molecule has 1 aromatic carbocycles. The second-order valence-corrected chi connectivity index (χ2v) is 4.59. The number of rotatable bonds is 3. The minimum Gasteiger partial charge on any atom is -0.507 e. The smallest absolute Gasteiger partial charge is 0.378 e. The van der Waals surface area contributed by atoms with E-state index in [1.807, 2.05) is 6.92 Å². The molecule has 4 nitrogen and oxygen atoms in total. The summed E-state index contributed by atoms with van der Waals surface area (Å²) >= 11 is 6.11. The van der Waals surface area contributed by atoms with E-state index in [4.69, 9.17) is 11.6 Å². The van der Waals surface area contributed by atoms with Crippen molar-refractivity contribution in [1.82, 2.24) is 0 Å². The summed E-state index contributed by atoms with van der Waals surface area (Å²) in [6.45, 7) is 5.38. The number of aliphatic hydroxyl groups is 1. The predicted octanol–water partition coefficient (Wildman–Crippen LogP) is 2.91. The summed E-state index contributed by atoms with van der Waals surface area (Å²) in [5.41, 5.74) is 2.76. The van der Waals surface area contributed by atoms with Crippen molar-refractivity contribution >= 4 is 29.1 Å². The molecule has 0 fully saturated rings. The molecule has 1 rings (SSSR count). The zero-order valence-electron chi connectivity index (χ0n) is 11.2. The van der Waals surface area contributed by atoms with Crippen molar-refractivity contribution in [3.8, 4) is 0 Å². The summed E-state index contributed by atoms with van der Waals surface area (Å²) in [6, 6.07) is 1.80. The largest absolute Gasteiger partial charge is 0.507 e. The standard InChI is InChI=1S/C14H15ClO4/c1-7-5-8(2)13(15)9(3)12(7)10(16)6-11(17)14(18)19-4/h5-6,16H,1-4H3/b10-6-. The molecule has 0 saturated carbocycles. The molecular weight excluding hydrogens is 268 g/mol. The molecule has 0 amide bonds. The van der Waals surface area contributed by atoms with Crippen LogP contribution >= 0.6 is 11.6 Å². The molecule has 102 valence electrons. The number of halogens is 1. The van der Waals surface area contributed by atoms with Gasteiger partial charge < -0.3 is 9.84 Å². The molecule has 0 aliphatic rings. The van der Waals surface area contributed by atoms with Gasteiger partial charge in [0.15, 0.2) is 0 Å². The highest BCUT2D eigenvalue weighted by Gasteiger charge is 2.17. The Hall–Kier alpha value is -1.81. The Labute approximate surface area is 116 Å². The van der Waals surface area contributed by atoms with Gasteiger partial charge >= 0.3 is 5.97 Å². The Morgan fingerprint density at radius 1 is 1.26 bits per heavy atom. The second-order valence-electron chi connectivity index (χ2n) is 4.21. The Bertz CT molecular complexity index is 573. The van der Waals surface area contributed by atoms with Gasteiger partial charge in [0.05, 0.1) is 7.11 Å². The zero-order valence-corrected chi connectivity index (χ0v) is 12.0. The van der Waals surface area contributed by atoms with E-state index in [9.17, 15) is 14.7 Å². The summed E-state index contributed by atoms with van der Waals surface area (Å²) in [6.07, 6.45) is 0.840. The molecular formula is C14H15ClO4. The molecule has 5 heteroatoms. The fourth-order valence-electron chi connectivity index (χ4n) is 1.91. The summed E-state index contributed by atoms with van der Waals surface area (Å²) < 4.78 is 4.28. The first-order valence-electron chi connectivity index (χ1n) is 5.59. The molecule has 0 unspecified atom stereocenters. The van der Waals surface area contributed by atoms with Crippen LogP contribution < -0.4 is 0 Å². The normalized spacial score (nSPS) is 11.3. The minimum absolute atomic E-state index is 0.299. The lowest BCUT2D eigenvalue weighted by Gasteiger charge is -2.12. The summed E-state index contributed by atoms with van der Waals surface area (Å²) in [7, 11) is 1.10. The first-order chi connectivity index (χ1) is 8.79. The number of hydrogen-bond donors (Lipinski definition) is 1. The van der Waals surface area contributed by atoms with Gasteiger partial charge in [0.2, 0.25) is 0 Å². The highest BCUT2D eigenvalue weighted by atomic mass is 35.5. The van der Waals surface area contributed by atoms with Gasteiger partial charge in [0.1, 0.15) is 5.76 Å². The molecule has 19 heavy (non-hydrogen) atoms. The number of carbonyl (C=O) groups excluding carboxylic acids is 2. The van der Waals surface area contributed by atoms with Crippen LogP contribution in [0.15, 0.2) is 12.1 Å². The van der Waals surface area contributed by atoms with Crippen LogP contribution in [0.4, 0.5) is 0 Å². The van der Waals surface area contributed by atoms with Crippen LogP contribution in [0, 0.1) is 20.8 Å². The van der Waals surface area contributed by atoms with Crippen molar-refractivity contribution in [3.63, 3.8) is 0 Å². The average Bonchev–Trinajstić information content (AvgIpc) is 2.34. The lowest BCUT2D eigenvalue weighted by molar-refractivity contribution is -0.149. The second kappa shape index (κ2) is 5.89. The Balaban J connectivity index is 3.31. The van der Waals surface area contributed by atoms with E-state index in [1.165, 1.54) is 0 Å². The first-order valence-corrected chi connectivity index (χ1v) is 5.97. The summed E-state index contributed by atoms with van der Waals surface area (Å²) in [4.78, 5) is 22.4. The van der Waals surface area contributed by atoms with Crippen molar-refractivity contribution in [1.29, 1.82) is 0 Å². The summed E-state index contributed by atoms with van der Waals surface area (Å²) in [5, 5.41) is 10.5. The number of hydrogen-bond acceptors (Lipinski definition) is 4. The van der Waals surface area contributed by atoms with Crippen molar-refractivity contribution in [3.05, 3.63) is 39.4 Å². The van der Waals surface area contributed by atoms with Crippen LogP contribution in [-0.2, 0) is 14.3 Å². The molecule has 0 aromatic heterocycles. The maximum absolute atomic E-state index is 11.4. The van der Waals surface area contributed by atoms with E-state index in [0.717, 1.165) is 24.3 Å². The van der Waals surface area contributed by atoms with Gasteiger partial charge in [-0.2, -0.15) is 0 Å². The number of carbonyl (C=O) groups is 2. The number of esters is 1. The van der Waals surface area contributed by atoms with E-state index in [1.54, 1.807) is 19.9 Å². The average molecular weight is 283 g/mol. The molecule has 1 aromatic rings. The zero-order chi connectivity index (χ0) is 14.7. The van der Waals surface area contributed by atoms with Crippen LogP contribution in [0.3, 0.4) is 0 Å². The van der Waals surface area contributed by atoms with Gasteiger partial charge in [0, 0.05) is 16.7 Å². The van der Waals surface area contributed by atoms with Gasteiger partial charge in [-0.15, -0.1) is 0 Å². The third-order valence-corrected chi connectivity index (χ3v) is 3.37. The van der Waals surface area contributed by atoms with Gasteiger partial charge in [0.25, 0.3) is 5.78 Å². The number of aliphatic hydroxyl groups excluding tert-OH is 1. The molecule has 0 heterocycles. The molecule has 0 bridgehead atoms. The Morgan fingerprint density at radius 2 is 1.84 bits per heavy atom. The van der Waals surface area contributed by atoms with E-state index in [0.29, 0.717) is 16.1 Å². The number of benzene rings is 1. The monoisotopic (exact) mass is 282 g/mol. The maximum Gasteiger partial charge on any atom is 0.378 e. The van der Waals surface area contributed by atoms with Crippen LogP contribution in [0.1, 0.15) is 22.3 Å². The SMILES string of the molecule is COC(=O)C(=O)/C=C(\O)c1c(C)cc(C)c(Cl)c1C. The fourth-order valence-corrected chi connectivity index (χ4v) is 2.06. The van der Waals surface area contributed by atoms with E-state index in [-0.39, 0.29) is 5.76 Å². The molecule has 0 aliphatic carbocycles. The third-order valence-electron chi connectivity index (χ3n) is 2.79. The molecule has 0 atom stereocenters. The summed E-state index contributed by atoms with van der Waals surface area (Å²) in [5.74, 6) is -2.25.